The lowest BCUT2D eigenvalue weighted by Crippen LogP contribution is -2.30. The van der Waals surface area contributed by atoms with E-state index in [0.29, 0.717) is 43.4 Å². The van der Waals surface area contributed by atoms with Gasteiger partial charge in [0.25, 0.3) is 11.9 Å². The van der Waals surface area contributed by atoms with E-state index in [1.807, 2.05) is 0 Å². The highest BCUT2D eigenvalue weighted by atomic mass is 16.3. The number of hydrogen-bond donors (Lipinski definition) is 3. The monoisotopic (exact) mass is 438 g/mol. The lowest BCUT2D eigenvalue weighted by molar-refractivity contribution is 0.0909. The van der Waals surface area contributed by atoms with Crippen molar-refractivity contribution in [2.75, 3.05) is 5.32 Å². The Hall–Kier alpha value is -2.81. The summed E-state index contributed by atoms with van der Waals surface area (Å²) in [5.41, 5.74) is 8.09. The summed E-state index contributed by atoms with van der Waals surface area (Å²) in [5, 5.41) is 17.9. The van der Waals surface area contributed by atoms with Gasteiger partial charge in [0.15, 0.2) is 5.78 Å². The Morgan fingerprint density at radius 1 is 1.19 bits per heavy atom. The number of hydrogen-bond acceptors (Lipinski definition) is 7. The summed E-state index contributed by atoms with van der Waals surface area (Å²) < 4.78 is 1.70. The van der Waals surface area contributed by atoms with E-state index in [-0.39, 0.29) is 28.9 Å². The minimum absolute atomic E-state index is 0.0910. The molecule has 0 aliphatic heterocycles. The summed E-state index contributed by atoms with van der Waals surface area (Å²) in [5.74, 6) is 0.570. The van der Waals surface area contributed by atoms with Gasteiger partial charge in [0, 0.05) is 24.6 Å². The Kier molecular flexibility index (Phi) is 5.03. The first-order chi connectivity index (χ1) is 15.2. The molecule has 170 valence electrons. The van der Waals surface area contributed by atoms with Gasteiger partial charge in [-0.25, -0.2) is 9.67 Å². The molecule has 0 saturated heterocycles. The second-order valence-electron chi connectivity index (χ2n) is 10.3. The summed E-state index contributed by atoms with van der Waals surface area (Å²) in [4.78, 5) is 34.1. The van der Waals surface area contributed by atoms with Gasteiger partial charge >= 0.3 is 0 Å². The zero-order chi connectivity index (χ0) is 22.6. The van der Waals surface area contributed by atoms with Crippen molar-refractivity contribution < 1.29 is 14.7 Å². The van der Waals surface area contributed by atoms with Crippen molar-refractivity contribution in [3.05, 3.63) is 28.7 Å². The molecule has 32 heavy (non-hydrogen) atoms. The number of Topliss-reactive ketones (excluding diaryl/α,β-unsaturated/α-hetero) is 1. The highest BCUT2D eigenvalue weighted by Crippen LogP contribution is 2.45. The van der Waals surface area contributed by atoms with E-state index >= 15 is 0 Å². The Balaban J connectivity index is 1.56. The Bertz CT molecular complexity index is 1080. The fraction of sp³-hybridized carbons (Fsp3) is 0.609. The number of rotatable bonds is 5. The minimum Gasteiger partial charge on any atom is -0.393 e. The summed E-state index contributed by atoms with van der Waals surface area (Å²) in [6.07, 6.45) is 7.43. The standard InChI is InChI=1S/C23H30N6O3/c1-23(2)9-16-18(17(31)10-23)19(12-3-4-12)28-29(16)22-25-11-15(20(24)32)21(27-22)26-13-5-7-14(30)8-6-13/h11-14,30H,3-10H2,1-2H3,(H2,24,32)(H,25,26,27). The first-order valence-corrected chi connectivity index (χ1v) is 11.5. The number of anilines is 1. The van der Waals surface area contributed by atoms with Gasteiger partial charge in [0.05, 0.1) is 28.6 Å². The molecule has 3 aliphatic rings. The van der Waals surface area contributed by atoms with Crippen molar-refractivity contribution >= 4 is 17.5 Å². The van der Waals surface area contributed by atoms with Crippen LogP contribution >= 0.6 is 0 Å². The molecule has 0 radical (unpaired) electrons. The summed E-state index contributed by atoms with van der Waals surface area (Å²) in [6, 6.07) is 0.0910. The van der Waals surface area contributed by atoms with E-state index in [4.69, 9.17) is 10.8 Å². The molecule has 5 rings (SSSR count). The topological polar surface area (TPSA) is 136 Å². The van der Waals surface area contributed by atoms with Crippen molar-refractivity contribution in [3.8, 4) is 5.95 Å². The van der Waals surface area contributed by atoms with Crippen LogP contribution in [0.15, 0.2) is 6.20 Å². The number of nitrogens with one attached hydrogen (secondary N) is 1. The van der Waals surface area contributed by atoms with Crippen molar-refractivity contribution in [3.63, 3.8) is 0 Å². The molecular formula is C23H30N6O3. The summed E-state index contributed by atoms with van der Waals surface area (Å²) >= 11 is 0. The van der Waals surface area contributed by atoms with Crippen molar-refractivity contribution in [2.24, 2.45) is 11.1 Å². The van der Waals surface area contributed by atoms with Crippen LogP contribution in [0.4, 0.5) is 5.82 Å². The quantitative estimate of drug-likeness (QED) is 0.652. The van der Waals surface area contributed by atoms with E-state index in [1.54, 1.807) is 4.68 Å². The number of aromatic nitrogens is 4. The molecule has 2 heterocycles. The normalized spacial score (nSPS) is 24.8. The first-order valence-electron chi connectivity index (χ1n) is 11.5. The van der Waals surface area contributed by atoms with Crippen molar-refractivity contribution in [2.45, 2.75) is 83.3 Å². The summed E-state index contributed by atoms with van der Waals surface area (Å²) in [7, 11) is 0. The molecule has 0 bridgehead atoms. The molecular weight excluding hydrogens is 408 g/mol. The largest absolute Gasteiger partial charge is 0.393 e. The van der Waals surface area contributed by atoms with Gasteiger partial charge in [-0.2, -0.15) is 10.1 Å². The molecule has 2 fully saturated rings. The fourth-order valence-electron chi connectivity index (χ4n) is 4.96. The Morgan fingerprint density at radius 3 is 2.56 bits per heavy atom. The average Bonchev–Trinajstić information content (AvgIpc) is 3.50. The third kappa shape index (κ3) is 3.90. The maximum absolute atomic E-state index is 13.0. The number of ketones is 1. The van der Waals surface area contributed by atoms with Crippen molar-refractivity contribution in [1.29, 1.82) is 0 Å². The number of nitrogens with zero attached hydrogens (tertiary/aromatic N) is 4. The van der Waals surface area contributed by atoms with Gasteiger partial charge in [-0.3, -0.25) is 9.59 Å². The highest BCUT2D eigenvalue weighted by molar-refractivity contribution is 6.00. The number of aliphatic hydroxyl groups excluding tert-OH is 1. The Morgan fingerprint density at radius 2 is 1.91 bits per heavy atom. The molecule has 4 N–H and O–H groups in total. The van der Waals surface area contributed by atoms with Crippen LogP contribution in [0.3, 0.4) is 0 Å². The maximum Gasteiger partial charge on any atom is 0.254 e. The molecule has 1 amide bonds. The van der Waals surface area contributed by atoms with Gasteiger partial charge in [-0.1, -0.05) is 13.8 Å². The van der Waals surface area contributed by atoms with E-state index in [9.17, 15) is 14.7 Å². The zero-order valence-corrected chi connectivity index (χ0v) is 18.6. The van der Waals surface area contributed by atoms with Crippen LogP contribution in [0.25, 0.3) is 5.95 Å². The SMILES string of the molecule is CC1(C)CC(=O)c2c(C3CC3)nn(-c3ncc(C(N)=O)c(NC4CCC(O)CC4)n3)c2C1. The number of aliphatic hydroxyl groups is 1. The first kappa shape index (κ1) is 21.1. The van der Waals surface area contributed by atoms with Crippen LogP contribution in [-0.4, -0.2) is 48.7 Å². The molecule has 2 aromatic heterocycles. The van der Waals surface area contributed by atoms with Gasteiger partial charge in [0.2, 0.25) is 0 Å². The number of fused-ring (bicyclic) bond motifs is 1. The molecule has 0 aromatic carbocycles. The van der Waals surface area contributed by atoms with Gasteiger partial charge in [-0.05, 0) is 50.4 Å². The van der Waals surface area contributed by atoms with Crippen LogP contribution in [0.2, 0.25) is 0 Å². The molecule has 0 unspecified atom stereocenters. The number of amides is 1. The number of nitrogens with two attached hydrogens (primary N) is 1. The van der Waals surface area contributed by atoms with Gasteiger partial charge in [0.1, 0.15) is 5.82 Å². The van der Waals surface area contributed by atoms with E-state index in [0.717, 1.165) is 42.6 Å². The second-order valence-corrected chi connectivity index (χ2v) is 10.3. The zero-order valence-electron chi connectivity index (χ0n) is 18.6. The predicted octanol–water partition coefficient (Wildman–Crippen LogP) is 2.51. The van der Waals surface area contributed by atoms with Crippen LogP contribution in [0, 0.1) is 5.41 Å². The Labute approximate surface area is 186 Å². The molecule has 9 nitrogen and oxygen atoms in total. The lowest BCUT2D eigenvalue weighted by atomic mass is 9.75. The highest BCUT2D eigenvalue weighted by Gasteiger charge is 2.41. The molecule has 2 aromatic rings. The third-order valence-corrected chi connectivity index (χ3v) is 6.80. The molecule has 3 aliphatic carbocycles. The smallest absolute Gasteiger partial charge is 0.254 e. The van der Waals surface area contributed by atoms with E-state index < -0.39 is 5.91 Å². The minimum atomic E-state index is -0.604. The van der Waals surface area contributed by atoms with E-state index in [1.165, 1.54) is 6.20 Å². The molecule has 0 spiro atoms. The third-order valence-electron chi connectivity index (χ3n) is 6.80. The maximum atomic E-state index is 13.0. The van der Waals surface area contributed by atoms with Crippen LogP contribution in [0.1, 0.15) is 96.8 Å². The summed E-state index contributed by atoms with van der Waals surface area (Å²) in [6.45, 7) is 4.17. The van der Waals surface area contributed by atoms with Gasteiger partial charge < -0.3 is 16.2 Å². The van der Waals surface area contributed by atoms with Gasteiger partial charge in [-0.15, -0.1) is 0 Å². The van der Waals surface area contributed by atoms with Crippen molar-refractivity contribution in [1.82, 2.24) is 19.7 Å². The lowest BCUT2D eigenvalue weighted by Gasteiger charge is -2.29. The van der Waals surface area contributed by atoms with Crippen LogP contribution < -0.4 is 11.1 Å². The number of carbonyl (C=O) groups excluding carboxylic acids is 2. The second kappa shape index (κ2) is 7.65. The molecule has 0 atom stereocenters. The van der Waals surface area contributed by atoms with Crippen LogP contribution in [-0.2, 0) is 6.42 Å². The molecule has 2 saturated carbocycles. The number of primary amides is 1. The predicted molar refractivity (Wildman–Crippen MR) is 118 cm³/mol. The van der Waals surface area contributed by atoms with Crippen LogP contribution in [0.5, 0.6) is 0 Å². The van der Waals surface area contributed by atoms with E-state index in [2.05, 4.69) is 29.1 Å². The molecule has 9 heteroatoms. The fourth-order valence-corrected chi connectivity index (χ4v) is 4.96. The number of carbonyl (C=O) groups is 2. The average molecular weight is 439 g/mol.